The SMILES string of the molecule is O=C(O)C=CC=CCCCCCBr. The highest BCUT2D eigenvalue weighted by Crippen LogP contribution is 2.02. The third kappa shape index (κ3) is 11.4. The molecule has 0 aromatic carbocycles. The van der Waals surface area contributed by atoms with Gasteiger partial charge in [0, 0.05) is 11.4 Å². The molecule has 0 aromatic heterocycles. The highest BCUT2D eigenvalue weighted by Gasteiger charge is 1.84. The lowest BCUT2D eigenvalue weighted by Gasteiger charge is -1.92. The first-order valence-corrected chi connectivity index (χ1v) is 5.51. The molecule has 1 N–H and O–H groups in total. The summed E-state index contributed by atoms with van der Waals surface area (Å²) in [6, 6.07) is 0. The molecule has 2 nitrogen and oxygen atoms in total. The molecule has 74 valence electrons. The van der Waals surface area contributed by atoms with Crippen LogP contribution in [0.5, 0.6) is 0 Å². The second-order valence-corrected chi connectivity index (χ2v) is 3.46. The molecule has 3 heteroatoms. The number of hydrogen-bond donors (Lipinski definition) is 1. The predicted octanol–water partition coefficient (Wildman–Crippen LogP) is 3.14. The molecular weight excluding hydrogens is 232 g/mol. The van der Waals surface area contributed by atoms with Crippen molar-refractivity contribution in [2.24, 2.45) is 0 Å². The van der Waals surface area contributed by atoms with Crippen LogP contribution < -0.4 is 0 Å². The normalized spacial score (nSPS) is 11.5. The Morgan fingerprint density at radius 2 is 2.00 bits per heavy atom. The second kappa shape index (κ2) is 9.52. The van der Waals surface area contributed by atoms with Crippen LogP contribution in [-0.4, -0.2) is 16.4 Å². The van der Waals surface area contributed by atoms with Crippen molar-refractivity contribution >= 4 is 21.9 Å². The van der Waals surface area contributed by atoms with Crippen molar-refractivity contribution in [3.05, 3.63) is 24.3 Å². The molecule has 0 aliphatic heterocycles. The zero-order chi connectivity index (χ0) is 9.94. The van der Waals surface area contributed by atoms with E-state index in [0.29, 0.717) is 0 Å². The van der Waals surface area contributed by atoms with Crippen molar-refractivity contribution in [1.29, 1.82) is 0 Å². The van der Waals surface area contributed by atoms with E-state index in [9.17, 15) is 4.79 Å². The van der Waals surface area contributed by atoms with Crippen molar-refractivity contribution in [3.8, 4) is 0 Å². The number of halogens is 1. The Labute approximate surface area is 87.5 Å². The van der Waals surface area contributed by atoms with Gasteiger partial charge in [0.05, 0.1) is 0 Å². The molecule has 0 spiro atoms. The van der Waals surface area contributed by atoms with Crippen LogP contribution in [0.15, 0.2) is 24.3 Å². The quantitative estimate of drug-likeness (QED) is 0.325. The van der Waals surface area contributed by atoms with Crippen LogP contribution in [0, 0.1) is 0 Å². The monoisotopic (exact) mass is 246 g/mol. The van der Waals surface area contributed by atoms with Gasteiger partial charge in [-0.3, -0.25) is 0 Å². The molecule has 0 saturated heterocycles. The van der Waals surface area contributed by atoms with E-state index in [2.05, 4.69) is 15.9 Å². The topological polar surface area (TPSA) is 37.3 Å². The molecule has 0 fully saturated rings. The van der Waals surface area contributed by atoms with Crippen molar-refractivity contribution < 1.29 is 9.90 Å². The van der Waals surface area contributed by atoms with Crippen LogP contribution in [0.4, 0.5) is 0 Å². The van der Waals surface area contributed by atoms with Crippen LogP contribution in [0.1, 0.15) is 25.7 Å². The second-order valence-electron chi connectivity index (χ2n) is 2.66. The van der Waals surface area contributed by atoms with Gasteiger partial charge in [0.25, 0.3) is 0 Å². The van der Waals surface area contributed by atoms with Gasteiger partial charge in [-0.15, -0.1) is 0 Å². The van der Waals surface area contributed by atoms with Crippen molar-refractivity contribution in [2.75, 3.05) is 5.33 Å². The number of carbonyl (C=O) groups is 1. The average Bonchev–Trinajstić information content (AvgIpc) is 2.09. The van der Waals surface area contributed by atoms with E-state index in [4.69, 9.17) is 5.11 Å². The predicted molar refractivity (Wildman–Crippen MR) is 58.2 cm³/mol. The first-order valence-electron chi connectivity index (χ1n) is 4.39. The fraction of sp³-hybridized carbons (Fsp3) is 0.500. The van der Waals surface area contributed by atoms with E-state index in [1.807, 2.05) is 6.08 Å². The van der Waals surface area contributed by atoms with Crippen molar-refractivity contribution in [3.63, 3.8) is 0 Å². The molecular formula is C10H15BrO2. The third-order valence-corrected chi connectivity index (χ3v) is 2.05. The van der Waals surface area contributed by atoms with Gasteiger partial charge in [-0.05, 0) is 19.3 Å². The lowest BCUT2D eigenvalue weighted by molar-refractivity contribution is -0.131. The van der Waals surface area contributed by atoms with E-state index >= 15 is 0 Å². The Morgan fingerprint density at radius 3 is 2.62 bits per heavy atom. The van der Waals surface area contributed by atoms with Crippen LogP contribution >= 0.6 is 15.9 Å². The van der Waals surface area contributed by atoms with Crippen LogP contribution in [0.2, 0.25) is 0 Å². The van der Waals surface area contributed by atoms with E-state index in [1.165, 1.54) is 19.3 Å². The lowest BCUT2D eigenvalue weighted by atomic mass is 10.2. The van der Waals surface area contributed by atoms with Crippen molar-refractivity contribution in [1.82, 2.24) is 0 Å². The molecule has 0 amide bonds. The van der Waals surface area contributed by atoms with Gasteiger partial charge in [0.1, 0.15) is 0 Å². The van der Waals surface area contributed by atoms with Crippen LogP contribution in [0.25, 0.3) is 0 Å². The van der Waals surface area contributed by atoms with Gasteiger partial charge in [-0.2, -0.15) is 0 Å². The summed E-state index contributed by atoms with van der Waals surface area (Å²) in [5, 5.41) is 9.33. The highest BCUT2D eigenvalue weighted by atomic mass is 79.9. The molecule has 0 heterocycles. The van der Waals surface area contributed by atoms with Gasteiger partial charge in [0.15, 0.2) is 0 Å². The van der Waals surface area contributed by atoms with Crippen LogP contribution in [0.3, 0.4) is 0 Å². The summed E-state index contributed by atoms with van der Waals surface area (Å²) in [5.41, 5.74) is 0. The standard InChI is InChI=1S/C10H15BrO2/c11-9-7-5-3-1-2-4-6-8-10(12)13/h2,4,6,8H,1,3,5,7,9H2,(H,12,13). The number of carboxylic acid groups (broad SMARTS) is 1. The molecule has 0 unspecified atom stereocenters. The Balaban J connectivity index is 3.26. The van der Waals surface area contributed by atoms with E-state index < -0.39 is 5.97 Å². The van der Waals surface area contributed by atoms with Gasteiger partial charge in [-0.25, -0.2) is 4.79 Å². The number of unbranched alkanes of at least 4 members (excludes halogenated alkanes) is 3. The lowest BCUT2D eigenvalue weighted by Crippen LogP contribution is -1.84. The van der Waals surface area contributed by atoms with Crippen LogP contribution in [-0.2, 0) is 4.79 Å². The number of carboxylic acids is 1. The molecule has 0 aromatic rings. The third-order valence-electron chi connectivity index (χ3n) is 1.49. The number of rotatable bonds is 7. The smallest absolute Gasteiger partial charge is 0.328 e. The summed E-state index contributed by atoms with van der Waals surface area (Å²) in [4.78, 5) is 10.0. The number of aliphatic carboxylic acids is 1. The zero-order valence-corrected chi connectivity index (χ0v) is 9.16. The van der Waals surface area contributed by atoms with E-state index in [0.717, 1.165) is 17.8 Å². The molecule has 13 heavy (non-hydrogen) atoms. The Morgan fingerprint density at radius 1 is 1.23 bits per heavy atom. The van der Waals surface area contributed by atoms with Gasteiger partial charge >= 0.3 is 5.97 Å². The van der Waals surface area contributed by atoms with Gasteiger partial charge in [0.2, 0.25) is 0 Å². The molecule has 0 radical (unpaired) electrons. The fourth-order valence-electron chi connectivity index (χ4n) is 0.846. The Kier molecular flexibility index (Phi) is 9.10. The van der Waals surface area contributed by atoms with Gasteiger partial charge in [-0.1, -0.05) is 40.6 Å². The molecule has 0 saturated carbocycles. The van der Waals surface area contributed by atoms with Crippen molar-refractivity contribution in [2.45, 2.75) is 25.7 Å². The molecule has 0 bridgehead atoms. The summed E-state index contributed by atoms with van der Waals surface area (Å²) in [7, 11) is 0. The number of allylic oxidation sites excluding steroid dienone is 3. The molecule has 0 aliphatic carbocycles. The average molecular weight is 247 g/mol. The van der Waals surface area contributed by atoms with E-state index in [-0.39, 0.29) is 0 Å². The summed E-state index contributed by atoms with van der Waals surface area (Å²) < 4.78 is 0. The first-order chi connectivity index (χ1) is 6.27. The minimum atomic E-state index is -0.899. The summed E-state index contributed by atoms with van der Waals surface area (Å²) in [6.07, 6.45) is 11.1. The summed E-state index contributed by atoms with van der Waals surface area (Å²) >= 11 is 3.36. The number of alkyl halides is 1. The largest absolute Gasteiger partial charge is 0.478 e. The Bertz CT molecular complexity index is 185. The summed E-state index contributed by atoms with van der Waals surface area (Å²) in [6.45, 7) is 0. The number of hydrogen-bond acceptors (Lipinski definition) is 1. The zero-order valence-electron chi connectivity index (χ0n) is 7.58. The Hall–Kier alpha value is -0.570. The van der Waals surface area contributed by atoms with E-state index in [1.54, 1.807) is 12.2 Å². The molecule has 0 atom stereocenters. The first kappa shape index (κ1) is 12.4. The maximum Gasteiger partial charge on any atom is 0.328 e. The minimum Gasteiger partial charge on any atom is -0.478 e. The highest BCUT2D eigenvalue weighted by molar-refractivity contribution is 9.09. The molecule has 0 aliphatic rings. The molecule has 0 rings (SSSR count). The summed E-state index contributed by atoms with van der Waals surface area (Å²) in [5.74, 6) is -0.899. The minimum absolute atomic E-state index is 0.899. The fourth-order valence-corrected chi connectivity index (χ4v) is 1.24. The van der Waals surface area contributed by atoms with Gasteiger partial charge < -0.3 is 5.11 Å². The maximum absolute atomic E-state index is 10.0. The maximum atomic E-state index is 10.0.